The number of rotatable bonds is 4. The maximum atomic E-state index is 2.88. The van der Waals surface area contributed by atoms with Crippen molar-refractivity contribution in [2.45, 2.75) is 70.4 Å². The monoisotopic (exact) mass is 278 g/mol. The molecule has 1 heterocycles. The average Bonchev–Trinajstić information content (AvgIpc) is 2.44. The first kappa shape index (κ1) is 13.6. The van der Waals surface area contributed by atoms with Crippen LogP contribution < -0.4 is 10.2 Å². The molecule has 4 bridgehead atoms. The summed E-state index contributed by atoms with van der Waals surface area (Å²) < 4.78 is 0. The summed E-state index contributed by atoms with van der Waals surface area (Å²) in [6.07, 6.45) is 12.3. The van der Waals surface area contributed by atoms with Crippen LogP contribution in [0.4, 0.5) is 0 Å². The van der Waals surface area contributed by atoms with E-state index in [0.717, 1.165) is 35.8 Å². The molecule has 4 aliphatic carbocycles. The molecule has 1 aliphatic heterocycles. The maximum Gasteiger partial charge on any atom is 0.0969 e. The summed E-state index contributed by atoms with van der Waals surface area (Å²) >= 11 is 0. The van der Waals surface area contributed by atoms with Crippen molar-refractivity contribution in [2.24, 2.45) is 23.7 Å². The molecule has 4 saturated carbocycles. The van der Waals surface area contributed by atoms with Crippen molar-refractivity contribution in [3.05, 3.63) is 0 Å². The predicted octanol–water partition coefficient (Wildman–Crippen LogP) is 0.832. The first-order valence-electron chi connectivity index (χ1n) is 9.50. The lowest BCUT2D eigenvalue weighted by atomic mass is 9.54. The molecule has 20 heavy (non-hydrogen) atoms. The van der Waals surface area contributed by atoms with Crippen LogP contribution in [-0.4, -0.2) is 31.7 Å². The molecule has 0 radical (unpaired) electrons. The number of piperidine rings is 1. The van der Waals surface area contributed by atoms with Gasteiger partial charge in [0.15, 0.2) is 0 Å². The summed E-state index contributed by atoms with van der Waals surface area (Å²) in [4.78, 5) is 1.88. The van der Waals surface area contributed by atoms with Gasteiger partial charge in [-0.25, -0.2) is 0 Å². The largest absolute Gasteiger partial charge is 0.341 e. The van der Waals surface area contributed by atoms with E-state index in [2.05, 4.69) is 12.2 Å². The molecule has 5 fully saturated rings. The third-order valence-electron chi connectivity index (χ3n) is 7.13. The van der Waals surface area contributed by atoms with Crippen LogP contribution in [0.15, 0.2) is 0 Å². The van der Waals surface area contributed by atoms with Crippen LogP contribution in [0.1, 0.15) is 58.3 Å². The van der Waals surface area contributed by atoms with E-state index in [1.165, 1.54) is 38.9 Å². The Morgan fingerprint density at radius 3 is 2.05 bits per heavy atom. The van der Waals surface area contributed by atoms with Gasteiger partial charge < -0.3 is 10.2 Å². The van der Waals surface area contributed by atoms with Crippen LogP contribution in [0.25, 0.3) is 0 Å². The summed E-state index contributed by atoms with van der Waals surface area (Å²) in [5.41, 5.74) is 0. The molecule has 5 aliphatic rings. The highest BCUT2D eigenvalue weighted by Crippen LogP contribution is 2.52. The zero-order chi connectivity index (χ0) is 13.5. The third-order valence-corrected chi connectivity index (χ3v) is 7.13. The van der Waals surface area contributed by atoms with Gasteiger partial charge in [0.25, 0.3) is 0 Å². The Balaban J connectivity index is 1.32. The Hall–Kier alpha value is -0.0800. The van der Waals surface area contributed by atoms with Crippen molar-refractivity contribution in [2.75, 3.05) is 19.6 Å². The number of likely N-dealkylation sites (tertiary alicyclic amines) is 1. The van der Waals surface area contributed by atoms with Crippen LogP contribution in [0.2, 0.25) is 0 Å². The van der Waals surface area contributed by atoms with Crippen LogP contribution >= 0.6 is 0 Å². The minimum atomic E-state index is 0.970. The first-order chi connectivity index (χ1) is 9.81. The normalized spacial score (nSPS) is 50.5. The predicted molar refractivity (Wildman–Crippen MR) is 81.6 cm³/mol. The molecule has 2 nitrogen and oxygen atoms in total. The van der Waals surface area contributed by atoms with Gasteiger partial charge in [0.1, 0.15) is 0 Å². The molecule has 3 N–H and O–H groups in total. The van der Waals surface area contributed by atoms with Crippen molar-refractivity contribution in [3.63, 3.8) is 0 Å². The van der Waals surface area contributed by atoms with Gasteiger partial charge in [-0.05, 0) is 50.4 Å². The highest BCUT2D eigenvalue weighted by molar-refractivity contribution is 4.98. The summed E-state index contributed by atoms with van der Waals surface area (Å²) in [6, 6.07) is 2.00. The summed E-state index contributed by atoms with van der Waals surface area (Å²) in [5, 5.41) is 2.88. The Labute approximate surface area is 124 Å². The molecule has 0 spiro atoms. The molecule has 2 heteroatoms. The van der Waals surface area contributed by atoms with Crippen LogP contribution in [0.5, 0.6) is 0 Å². The molecule has 5 rings (SSSR count). The number of quaternary nitrogens is 2. The zero-order valence-electron chi connectivity index (χ0n) is 13.3. The lowest BCUT2D eigenvalue weighted by molar-refractivity contribution is -0.914. The van der Waals surface area contributed by atoms with Crippen molar-refractivity contribution < 1.29 is 10.2 Å². The van der Waals surface area contributed by atoms with E-state index in [0.29, 0.717) is 0 Å². The lowest BCUT2D eigenvalue weighted by Gasteiger charge is -2.53. The van der Waals surface area contributed by atoms with Gasteiger partial charge in [-0.15, -0.1) is 0 Å². The fraction of sp³-hybridized carbons (Fsp3) is 1.00. The molecule has 0 aromatic rings. The van der Waals surface area contributed by atoms with E-state index in [9.17, 15) is 0 Å². The molecule has 0 aromatic carbocycles. The maximum absolute atomic E-state index is 2.88. The zero-order valence-corrected chi connectivity index (χ0v) is 13.3. The second-order valence-corrected chi connectivity index (χ2v) is 8.54. The highest BCUT2D eigenvalue weighted by Gasteiger charge is 2.50. The highest BCUT2D eigenvalue weighted by atomic mass is 15.1. The lowest BCUT2D eigenvalue weighted by Crippen LogP contribution is -3.15. The molecule has 114 valence electrons. The van der Waals surface area contributed by atoms with E-state index in [1.807, 2.05) is 4.90 Å². The minimum Gasteiger partial charge on any atom is -0.341 e. The van der Waals surface area contributed by atoms with Crippen molar-refractivity contribution in [1.29, 1.82) is 0 Å². The van der Waals surface area contributed by atoms with E-state index >= 15 is 0 Å². The summed E-state index contributed by atoms with van der Waals surface area (Å²) in [7, 11) is 0. The second kappa shape index (κ2) is 5.61. The van der Waals surface area contributed by atoms with Gasteiger partial charge >= 0.3 is 0 Å². The SMILES string of the molecule is CCC[NH+]1CCC([NH2+]C2C3CC4CC(C3)CC2C4)CC1. The van der Waals surface area contributed by atoms with Gasteiger partial charge in [0, 0.05) is 24.7 Å². The van der Waals surface area contributed by atoms with Crippen molar-refractivity contribution >= 4 is 0 Å². The Kier molecular flexibility index (Phi) is 3.80. The van der Waals surface area contributed by atoms with Crippen molar-refractivity contribution in [3.8, 4) is 0 Å². The minimum absolute atomic E-state index is 0.970. The first-order valence-corrected chi connectivity index (χ1v) is 9.50. The van der Waals surface area contributed by atoms with E-state index in [-0.39, 0.29) is 0 Å². The quantitative estimate of drug-likeness (QED) is 0.760. The average molecular weight is 278 g/mol. The Bertz CT molecular complexity index is 304. The smallest absolute Gasteiger partial charge is 0.0969 e. The molecular weight excluding hydrogens is 244 g/mol. The van der Waals surface area contributed by atoms with Gasteiger partial charge in [-0.1, -0.05) is 6.92 Å². The second-order valence-electron chi connectivity index (χ2n) is 8.54. The standard InChI is InChI=1S/C18H32N2/c1-2-5-20-6-3-17(4-7-20)19-18-15-9-13-8-14(11-15)12-16(18)10-13/h13-19H,2-12H2,1H3/p+2. The number of nitrogens with one attached hydrogen (secondary N) is 1. The molecule has 1 saturated heterocycles. The number of hydrogen-bond donors (Lipinski definition) is 2. The van der Waals surface area contributed by atoms with Crippen molar-refractivity contribution in [1.82, 2.24) is 0 Å². The van der Waals surface area contributed by atoms with E-state index < -0.39 is 0 Å². The third kappa shape index (κ3) is 2.54. The van der Waals surface area contributed by atoms with E-state index in [4.69, 9.17) is 0 Å². The number of hydrogen-bond acceptors (Lipinski definition) is 0. The fourth-order valence-corrected chi connectivity index (χ4v) is 6.44. The molecule has 0 amide bonds. The van der Waals surface area contributed by atoms with Gasteiger partial charge in [-0.3, -0.25) is 0 Å². The number of nitrogens with two attached hydrogens (primary N) is 1. The topological polar surface area (TPSA) is 21.1 Å². The van der Waals surface area contributed by atoms with Gasteiger partial charge in [0.05, 0.1) is 31.7 Å². The van der Waals surface area contributed by atoms with Crippen LogP contribution in [0, 0.1) is 23.7 Å². The molecule has 0 aromatic heterocycles. The van der Waals surface area contributed by atoms with Crippen LogP contribution in [0.3, 0.4) is 0 Å². The molecular formula is C18H34N2+2. The van der Waals surface area contributed by atoms with E-state index in [1.54, 1.807) is 32.1 Å². The van der Waals surface area contributed by atoms with Gasteiger partial charge in [0.2, 0.25) is 0 Å². The molecule has 0 unspecified atom stereocenters. The Morgan fingerprint density at radius 1 is 0.900 bits per heavy atom. The summed E-state index contributed by atoms with van der Waals surface area (Å²) in [6.45, 7) is 6.63. The van der Waals surface area contributed by atoms with Gasteiger partial charge in [-0.2, -0.15) is 0 Å². The Morgan fingerprint density at radius 2 is 1.50 bits per heavy atom. The molecule has 0 atom stereocenters. The van der Waals surface area contributed by atoms with Crippen LogP contribution in [-0.2, 0) is 0 Å². The fourth-order valence-electron chi connectivity index (χ4n) is 6.44. The summed E-state index contributed by atoms with van der Waals surface area (Å²) in [5.74, 6) is 4.48.